The first-order valence-corrected chi connectivity index (χ1v) is 5.97. The maximum atomic E-state index is 13.4. The fraction of sp³-hybridized carbons (Fsp3) is 0.429. The van der Waals surface area contributed by atoms with Crippen molar-refractivity contribution < 1.29 is 9.18 Å². The monoisotopic (exact) mass is 231 g/mol. The number of hydrogen-bond donors (Lipinski definition) is 0. The van der Waals surface area contributed by atoms with E-state index >= 15 is 0 Å². The Bertz CT molecular complexity index is 470. The van der Waals surface area contributed by atoms with Gasteiger partial charge >= 0.3 is 0 Å². The second kappa shape index (κ2) is 5.09. The zero-order valence-electron chi connectivity index (χ0n) is 9.58. The number of halogens is 1. The summed E-state index contributed by atoms with van der Waals surface area (Å²) in [5.74, 6) is -0.701. The standard InChI is InChI=1S/C14H14FNO/c15-13-8-4-7-11(12(13)9-16)14(17)10-5-2-1-3-6-10/h4,7-8,10H,1-3,5-6H2. The van der Waals surface area contributed by atoms with Crippen LogP contribution in [0.25, 0.3) is 0 Å². The molecule has 2 rings (SSSR count). The smallest absolute Gasteiger partial charge is 0.167 e. The summed E-state index contributed by atoms with van der Waals surface area (Å²) in [5.41, 5.74) is 0.141. The van der Waals surface area contributed by atoms with E-state index in [0.29, 0.717) is 0 Å². The van der Waals surface area contributed by atoms with Crippen molar-refractivity contribution in [3.05, 3.63) is 35.1 Å². The third-order valence-electron chi connectivity index (χ3n) is 3.37. The quantitative estimate of drug-likeness (QED) is 0.731. The first-order chi connectivity index (χ1) is 8.24. The lowest BCUT2D eigenvalue weighted by Gasteiger charge is -2.20. The van der Waals surface area contributed by atoms with Crippen LogP contribution in [0.2, 0.25) is 0 Å². The van der Waals surface area contributed by atoms with Crippen molar-refractivity contribution in [1.82, 2.24) is 0 Å². The van der Waals surface area contributed by atoms with Gasteiger partial charge in [-0.1, -0.05) is 25.3 Å². The average Bonchev–Trinajstić information content (AvgIpc) is 2.38. The van der Waals surface area contributed by atoms with E-state index in [2.05, 4.69) is 0 Å². The fourth-order valence-corrected chi connectivity index (χ4v) is 2.43. The van der Waals surface area contributed by atoms with Crippen LogP contribution in [0.15, 0.2) is 18.2 Å². The first kappa shape index (κ1) is 11.8. The second-order valence-electron chi connectivity index (χ2n) is 4.47. The van der Waals surface area contributed by atoms with Gasteiger partial charge in [0, 0.05) is 11.5 Å². The molecule has 1 aromatic rings. The van der Waals surface area contributed by atoms with Crippen LogP contribution in [0, 0.1) is 23.1 Å². The molecule has 0 heterocycles. The summed E-state index contributed by atoms with van der Waals surface area (Å²) in [4.78, 5) is 12.2. The van der Waals surface area contributed by atoms with E-state index in [1.807, 2.05) is 0 Å². The molecule has 88 valence electrons. The molecule has 0 spiro atoms. The molecule has 0 amide bonds. The Morgan fingerprint density at radius 2 is 2.00 bits per heavy atom. The Morgan fingerprint density at radius 3 is 2.65 bits per heavy atom. The molecule has 1 aliphatic rings. The van der Waals surface area contributed by atoms with E-state index in [4.69, 9.17) is 5.26 Å². The summed E-state index contributed by atoms with van der Waals surface area (Å²) in [6.07, 6.45) is 4.99. The highest BCUT2D eigenvalue weighted by Crippen LogP contribution is 2.28. The van der Waals surface area contributed by atoms with E-state index < -0.39 is 5.82 Å². The number of carbonyl (C=O) groups excluding carboxylic acids is 1. The van der Waals surface area contributed by atoms with Gasteiger partial charge in [0.1, 0.15) is 11.9 Å². The van der Waals surface area contributed by atoms with Gasteiger partial charge in [-0.05, 0) is 25.0 Å². The Kier molecular flexibility index (Phi) is 3.53. The summed E-state index contributed by atoms with van der Waals surface area (Å²) in [5, 5.41) is 8.90. The summed E-state index contributed by atoms with van der Waals surface area (Å²) >= 11 is 0. The van der Waals surface area contributed by atoms with Crippen molar-refractivity contribution in [3.63, 3.8) is 0 Å². The van der Waals surface area contributed by atoms with Crippen molar-refractivity contribution in [3.8, 4) is 6.07 Å². The number of rotatable bonds is 2. The lowest BCUT2D eigenvalue weighted by Crippen LogP contribution is -2.19. The van der Waals surface area contributed by atoms with E-state index in [1.54, 1.807) is 12.1 Å². The van der Waals surface area contributed by atoms with Crippen LogP contribution in [-0.4, -0.2) is 5.78 Å². The minimum Gasteiger partial charge on any atom is -0.294 e. The number of carbonyl (C=O) groups is 1. The Hall–Kier alpha value is -1.69. The van der Waals surface area contributed by atoms with Crippen LogP contribution in [0.4, 0.5) is 4.39 Å². The zero-order chi connectivity index (χ0) is 12.3. The molecule has 0 N–H and O–H groups in total. The minimum atomic E-state index is -0.603. The van der Waals surface area contributed by atoms with Crippen molar-refractivity contribution in [2.75, 3.05) is 0 Å². The highest BCUT2D eigenvalue weighted by atomic mass is 19.1. The van der Waals surface area contributed by atoms with Gasteiger partial charge in [0.2, 0.25) is 0 Å². The van der Waals surface area contributed by atoms with E-state index in [0.717, 1.165) is 32.1 Å². The van der Waals surface area contributed by atoms with Crippen LogP contribution < -0.4 is 0 Å². The summed E-state index contributed by atoms with van der Waals surface area (Å²) in [6, 6.07) is 6.05. The lowest BCUT2D eigenvalue weighted by molar-refractivity contribution is 0.0889. The van der Waals surface area contributed by atoms with Crippen LogP contribution in [0.1, 0.15) is 48.0 Å². The molecular weight excluding hydrogens is 217 g/mol. The Morgan fingerprint density at radius 1 is 1.29 bits per heavy atom. The minimum absolute atomic E-state index is 0.0300. The van der Waals surface area contributed by atoms with E-state index in [-0.39, 0.29) is 22.8 Å². The van der Waals surface area contributed by atoms with Crippen molar-refractivity contribution in [2.24, 2.45) is 5.92 Å². The van der Waals surface area contributed by atoms with Gasteiger partial charge in [-0.2, -0.15) is 5.26 Å². The topological polar surface area (TPSA) is 40.9 Å². The van der Waals surface area contributed by atoms with Crippen molar-refractivity contribution >= 4 is 5.78 Å². The van der Waals surface area contributed by atoms with Gasteiger partial charge in [-0.25, -0.2) is 4.39 Å². The molecule has 0 atom stereocenters. The highest BCUT2D eigenvalue weighted by molar-refractivity contribution is 6.00. The van der Waals surface area contributed by atoms with Gasteiger partial charge in [0.15, 0.2) is 5.78 Å². The summed E-state index contributed by atoms with van der Waals surface area (Å²) < 4.78 is 13.4. The second-order valence-corrected chi connectivity index (χ2v) is 4.47. The van der Waals surface area contributed by atoms with Crippen LogP contribution in [-0.2, 0) is 0 Å². The van der Waals surface area contributed by atoms with Crippen LogP contribution in [0.5, 0.6) is 0 Å². The highest BCUT2D eigenvalue weighted by Gasteiger charge is 2.25. The molecule has 1 saturated carbocycles. The fourth-order valence-electron chi connectivity index (χ4n) is 2.43. The van der Waals surface area contributed by atoms with E-state index in [1.165, 1.54) is 12.1 Å². The molecule has 2 nitrogen and oxygen atoms in total. The largest absolute Gasteiger partial charge is 0.294 e. The SMILES string of the molecule is N#Cc1c(F)cccc1C(=O)C1CCCCC1. The molecule has 17 heavy (non-hydrogen) atoms. The first-order valence-electron chi connectivity index (χ1n) is 5.97. The number of benzene rings is 1. The maximum absolute atomic E-state index is 13.4. The average molecular weight is 231 g/mol. The third-order valence-corrected chi connectivity index (χ3v) is 3.37. The Labute approximate surface area is 100 Å². The normalized spacial score (nSPS) is 16.5. The molecular formula is C14H14FNO. The number of Topliss-reactive ketones (excluding diaryl/α,β-unsaturated/α-hetero) is 1. The van der Waals surface area contributed by atoms with Gasteiger partial charge in [-0.3, -0.25) is 4.79 Å². The number of hydrogen-bond acceptors (Lipinski definition) is 2. The number of nitriles is 1. The summed E-state index contributed by atoms with van der Waals surface area (Å²) in [6.45, 7) is 0. The molecule has 0 unspecified atom stereocenters. The van der Waals surface area contributed by atoms with Crippen molar-refractivity contribution in [1.29, 1.82) is 5.26 Å². The molecule has 0 saturated heterocycles. The predicted octanol–water partition coefficient (Wildman–Crippen LogP) is 3.46. The molecule has 0 aromatic heterocycles. The number of ketones is 1. The van der Waals surface area contributed by atoms with Gasteiger partial charge in [0.05, 0.1) is 5.56 Å². The molecule has 0 bridgehead atoms. The van der Waals surface area contributed by atoms with Crippen molar-refractivity contribution in [2.45, 2.75) is 32.1 Å². The number of nitrogens with zero attached hydrogens (tertiary/aromatic N) is 1. The van der Waals surface area contributed by atoms with E-state index in [9.17, 15) is 9.18 Å². The molecule has 1 fully saturated rings. The molecule has 1 aliphatic carbocycles. The van der Waals surface area contributed by atoms with Crippen LogP contribution >= 0.6 is 0 Å². The molecule has 3 heteroatoms. The Balaban J connectivity index is 2.30. The zero-order valence-corrected chi connectivity index (χ0v) is 9.58. The lowest BCUT2D eigenvalue weighted by atomic mass is 9.83. The predicted molar refractivity (Wildman–Crippen MR) is 62.0 cm³/mol. The van der Waals surface area contributed by atoms with Gasteiger partial charge in [0.25, 0.3) is 0 Å². The molecule has 0 radical (unpaired) electrons. The maximum Gasteiger partial charge on any atom is 0.167 e. The van der Waals surface area contributed by atoms with Gasteiger partial charge in [-0.15, -0.1) is 0 Å². The summed E-state index contributed by atoms with van der Waals surface area (Å²) in [7, 11) is 0. The van der Waals surface area contributed by atoms with Gasteiger partial charge < -0.3 is 0 Å². The van der Waals surface area contributed by atoms with Crippen LogP contribution in [0.3, 0.4) is 0 Å². The third kappa shape index (κ3) is 2.36. The molecule has 0 aliphatic heterocycles. The molecule has 1 aromatic carbocycles.